The lowest BCUT2D eigenvalue weighted by Gasteiger charge is -2.16. The van der Waals surface area contributed by atoms with Crippen LogP contribution in [0, 0.1) is 10.1 Å². The highest BCUT2D eigenvalue weighted by molar-refractivity contribution is 7.90. The molecular weight excluding hydrogens is 370 g/mol. The second kappa shape index (κ2) is 9.36. The Balaban J connectivity index is 1.99. The summed E-state index contributed by atoms with van der Waals surface area (Å²) in [6, 6.07) is 4.17. The molecule has 0 atom stereocenters. The number of nitro groups is 1. The van der Waals surface area contributed by atoms with Gasteiger partial charge in [0.1, 0.15) is 5.69 Å². The number of benzene rings is 1. The minimum atomic E-state index is -3.51. The number of rotatable bonds is 8. The molecule has 0 heterocycles. The molecule has 0 amide bonds. The molecule has 0 saturated heterocycles. The van der Waals surface area contributed by atoms with Gasteiger partial charge in [-0.15, -0.1) is 0 Å². The Labute approximate surface area is 159 Å². The van der Waals surface area contributed by atoms with Crippen molar-refractivity contribution in [2.45, 2.75) is 30.7 Å². The molecule has 0 bridgehead atoms. The lowest BCUT2D eigenvalue weighted by atomic mass is 10.2. The summed E-state index contributed by atoms with van der Waals surface area (Å²) in [5.41, 5.74) is -0.00970. The first-order chi connectivity index (χ1) is 12.8. The predicted octanol–water partition coefficient (Wildman–Crippen LogP) is 1.68. The summed E-state index contributed by atoms with van der Waals surface area (Å²) >= 11 is 0. The summed E-state index contributed by atoms with van der Waals surface area (Å²) in [5.74, 6) is 0.704. The molecule has 1 aromatic carbocycles. The van der Waals surface area contributed by atoms with E-state index in [-0.39, 0.29) is 16.3 Å². The van der Waals surface area contributed by atoms with Crippen molar-refractivity contribution in [1.82, 2.24) is 10.6 Å². The summed E-state index contributed by atoms with van der Waals surface area (Å²) in [7, 11) is -3.51. The summed E-state index contributed by atoms with van der Waals surface area (Å²) in [4.78, 5) is 15.0. The molecule has 148 valence electrons. The molecule has 10 heteroatoms. The van der Waals surface area contributed by atoms with Gasteiger partial charge in [0.05, 0.1) is 16.4 Å². The van der Waals surface area contributed by atoms with Gasteiger partial charge in [-0.1, -0.05) is 12.2 Å². The Hall–Kier alpha value is -2.62. The van der Waals surface area contributed by atoms with Crippen molar-refractivity contribution in [2.75, 3.05) is 31.2 Å². The van der Waals surface area contributed by atoms with Crippen molar-refractivity contribution in [3.8, 4) is 0 Å². The van der Waals surface area contributed by atoms with Crippen LogP contribution in [0.3, 0.4) is 0 Å². The van der Waals surface area contributed by atoms with Gasteiger partial charge in [0.25, 0.3) is 5.69 Å². The Morgan fingerprint density at radius 3 is 2.63 bits per heavy atom. The molecule has 0 aliphatic heterocycles. The molecule has 0 unspecified atom stereocenters. The fraction of sp³-hybridized carbons (Fsp3) is 0.471. The molecular formula is C17H25N5O4S. The summed E-state index contributed by atoms with van der Waals surface area (Å²) in [6.45, 7) is 3.49. The van der Waals surface area contributed by atoms with E-state index in [1.165, 1.54) is 12.1 Å². The van der Waals surface area contributed by atoms with Gasteiger partial charge in [-0.3, -0.25) is 15.1 Å². The van der Waals surface area contributed by atoms with Gasteiger partial charge in [0, 0.05) is 31.5 Å². The monoisotopic (exact) mass is 395 g/mol. The third-order valence-electron chi connectivity index (χ3n) is 3.98. The first kappa shape index (κ1) is 20.7. The number of nitro benzene ring substituents is 1. The molecule has 9 nitrogen and oxygen atoms in total. The van der Waals surface area contributed by atoms with E-state index in [0.717, 1.165) is 31.7 Å². The molecule has 27 heavy (non-hydrogen) atoms. The van der Waals surface area contributed by atoms with Gasteiger partial charge >= 0.3 is 0 Å². The van der Waals surface area contributed by atoms with Crippen molar-refractivity contribution in [3.63, 3.8) is 0 Å². The topological polar surface area (TPSA) is 126 Å². The number of hydrogen-bond donors (Lipinski definition) is 3. The van der Waals surface area contributed by atoms with Crippen LogP contribution in [0.1, 0.15) is 19.8 Å². The zero-order valence-electron chi connectivity index (χ0n) is 15.4. The Bertz CT molecular complexity index is 828. The zero-order valence-corrected chi connectivity index (χ0v) is 16.3. The summed E-state index contributed by atoms with van der Waals surface area (Å²) < 4.78 is 23.2. The largest absolute Gasteiger partial charge is 0.378 e. The number of sulfone groups is 1. The third kappa shape index (κ3) is 6.24. The van der Waals surface area contributed by atoms with Gasteiger partial charge in [-0.05, 0) is 31.9 Å². The summed E-state index contributed by atoms with van der Waals surface area (Å²) in [6.07, 6.45) is 7.19. The molecule has 0 spiro atoms. The van der Waals surface area contributed by atoms with Crippen LogP contribution < -0.4 is 16.0 Å². The zero-order chi connectivity index (χ0) is 19.9. The van der Waals surface area contributed by atoms with Crippen LogP contribution in [0.5, 0.6) is 0 Å². The van der Waals surface area contributed by atoms with Crippen molar-refractivity contribution in [1.29, 1.82) is 0 Å². The highest BCUT2D eigenvalue weighted by atomic mass is 32.2. The van der Waals surface area contributed by atoms with Crippen molar-refractivity contribution >= 4 is 27.2 Å². The molecule has 1 aliphatic carbocycles. The molecule has 0 radical (unpaired) electrons. The van der Waals surface area contributed by atoms with E-state index in [1.807, 2.05) is 6.92 Å². The first-order valence-corrected chi connectivity index (χ1v) is 10.6. The second-order valence-corrected chi connectivity index (χ2v) is 8.20. The van der Waals surface area contributed by atoms with E-state index < -0.39 is 14.8 Å². The number of nitrogens with one attached hydrogen (secondary N) is 3. The van der Waals surface area contributed by atoms with Crippen molar-refractivity contribution in [3.05, 3.63) is 40.5 Å². The van der Waals surface area contributed by atoms with Crippen LogP contribution in [0.2, 0.25) is 0 Å². The Morgan fingerprint density at radius 2 is 2.04 bits per heavy atom. The summed E-state index contributed by atoms with van der Waals surface area (Å²) in [5, 5.41) is 20.7. The van der Waals surface area contributed by atoms with Crippen LogP contribution in [0.25, 0.3) is 0 Å². The van der Waals surface area contributed by atoms with Gasteiger partial charge in [-0.2, -0.15) is 0 Å². The minimum absolute atomic E-state index is 0.0819. The average molecular weight is 395 g/mol. The van der Waals surface area contributed by atoms with E-state index in [9.17, 15) is 18.5 Å². The maximum Gasteiger partial charge on any atom is 0.293 e. The number of hydrogen-bond acceptors (Lipinski definition) is 6. The third-order valence-corrected chi connectivity index (χ3v) is 5.09. The Kier molecular flexibility index (Phi) is 7.17. The normalized spacial score (nSPS) is 15.0. The molecule has 3 N–H and O–H groups in total. The Morgan fingerprint density at radius 1 is 1.33 bits per heavy atom. The lowest BCUT2D eigenvalue weighted by molar-refractivity contribution is -0.384. The molecule has 0 saturated carbocycles. The first-order valence-electron chi connectivity index (χ1n) is 8.73. The number of nitrogens with zero attached hydrogens (tertiary/aromatic N) is 2. The fourth-order valence-corrected chi connectivity index (χ4v) is 3.29. The van der Waals surface area contributed by atoms with E-state index >= 15 is 0 Å². The van der Waals surface area contributed by atoms with E-state index in [1.54, 1.807) is 0 Å². The quantitative estimate of drug-likeness (QED) is 0.153. The van der Waals surface area contributed by atoms with Gasteiger partial charge < -0.3 is 16.0 Å². The van der Waals surface area contributed by atoms with Crippen LogP contribution >= 0.6 is 0 Å². The van der Waals surface area contributed by atoms with Gasteiger partial charge in [0.2, 0.25) is 0 Å². The van der Waals surface area contributed by atoms with Crippen LogP contribution in [0.4, 0.5) is 11.4 Å². The van der Waals surface area contributed by atoms with Crippen LogP contribution in [-0.2, 0) is 9.84 Å². The van der Waals surface area contributed by atoms with E-state index in [4.69, 9.17) is 0 Å². The van der Waals surface area contributed by atoms with Crippen molar-refractivity contribution in [2.24, 2.45) is 4.99 Å². The second-order valence-electron chi connectivity index (χ2n) is 6.18. The maximum atomic E-state index is 11.6. The SMILES string of the molecule is CCNC(=NCCNc1ccc(S(C)(=O)=O)cc1[N+](=O)[O-])NC1CC=CC1. The molecule has 2 rings (SSSR count). The van der Waals surface area contributed by atoms with Gasteiger partial charge in [-0.25, -0.2) is 8.42 Å². The highest BCUT2D eigenvalue weighted by Gasteiger charge is 2.18. The number of aliphatic imine (C=N–C) groups is 1. The van der Waals surface area contributed by atoms with Gasteiger partial charge in [0.15, 0.2) is 15.8 Å². The van der Waals surface area contributed by atoms with E-state index in [0.29, 0.717) is 25.1 Å². The molecule has 0 fully saturated rings. The lowest BCUT2D eigenvalue weighted by Crippen LogP contribution is -2.42. The van der Waals surface area contributed by atoms with Crippen LogP contribution in [-0.4, -0.2) is 51.2 Å². The van der Waals surface area contributed by atoms with Crippen LogP contribution in [0.15, 0.2) is 40.2 Å². The highest BCUT2D eigenvalue weighted by Crippen LogP contribution is 2.27. The molecule has 1 aliphatic rings. The number of anilines is 1. The fourth-order valence-electron chi connectivity index (χ4n) is 2.65. The minimum Gasteiger partial charge on any atom is -0.378 e. The average Bonchev–Trinajstić information content (AvgIpc) is 3.10. The maximum absolute atomic E-state index is 11.6. The molecule has 0 aromatic heterocycles. The van der Waals surface area contributed by atoms with E-state index in [2.05, 4.69) is 33.1 Å². The van der Waals surface area contributed by atoms with Crippen molar-refractivity contribution < 1.29 is 13.3 Å². The standard InChI is InChI=1S/C17H25N5O4S/c1-3-18-17(21-13-6-4-5-7-13)20-11-10-19-15-9-8-14(27(2,25)26)12-16(15)22(23)24/h4-5,8-9,12-13,19H,3,6-7,10-11H2,1-2H3,(H2,18,20,21). The smallest absolute Gasteiger partial charge is 0.293 e. The molecule has 1 aromatic rings. The predicted molar refractivity (Wildman–Crippen MR) is 106 cm³/mol. The number of guanidine groups is 1.